The second-order valence-corrected chi connectivity index (χ2v) is 7.69. The lowest BCUT2D eigenvalue weighted by molar-refractivity contribution is 0.0921. The van der Waals surface area contributed by atoms with Gasteiger partial charge in [0.15, 0.2) is 18.0 Å². The first-order valence-electron chi connectivity index (χ1n) is 8.29. The number of amides is 1. The first-order valence-corrected chi connectivity index (χ1v) is 8.96. The van der Waals surface area contributed by atoms with Crippen molar-refractivity contribution in [1.82, 2.24) is 28.6 Å². The number of carbonyl (C=O) groups is 1. The van der Waals surface area contributed by atoms with E-state index in [9.17, 15) is 8.68 Å². The Morgan fingerprint density at radius 2 is 2.07 bits per heavy atom. The van der Waals surface area contributed by atoms with Crippen molar-refractivity contribution in [3.63, 3.8) is 0 Å². The predicted molar refractivity (Wildman–Crippen MR) is 103 cm³/mol. The molecule has 4 rings (SSSR count). The Labute approximate surface area is 159 Å². The van der Waals surface area contributed by atoms with E-state index in [1.165, 1.54) is 16.4 Å². The molecule has 0 aliphatic carbocycles. The number of halogens is 1. The lowest BCUT2D eigenvalue weighted by atomic mass is 10.1. The van der Waals surface area contributed by atoms with Crippen LogP contribution >= 0.6 is 12.3 Å². The van der Waals surface area contributed by atoms with Crippen molar-refractivity contribution in [2.75, 3.05) is 0 Å². The molecular formula is C18H17FN6OS. The summed E-state index contributed by atoms with van der Waals surface area (Å²) in [6.45, 7) is 5.63. The highest BCUT2D eigenvalue weighted by atomic mass is 32.2. The highest BCUT2D eigenvalue weighted by Crippen LogP contribution is 2.27. The lowest BCUT2D eigenvalue weighted by Crippen LogP contribution is -2.40. The molecule has 4 aromatic rings. The van der Waals surface area contributed by atoms with Gasteiger partial charge in [-0.1, -0.05) is 6.07 Å². The van der Waals surface area contributed by atoms with Crippen molar-refractivity contribution >= 4 is 34.9 Å². The zero-order valence-electron chi connectivity index (χ0n) is 15.0. The minimum Gasteiger partial charge on any atom is -0.347 e. The first kappa shape index (κ1) is 17.5. The third-order valence-corrected chi connectivity index (χ3v) is 4.38. The maximum atomic E-state index is 13.3. The quantitative estimate of drug-likeness (QED) is 0.583. The SMILES string of the molecule is CC(C)(C)NC(=O)c1cn(SF)c2ncc(-c3ncn4ccccc34)nc12. The van der Waals surface area contributed by atoms with E-state index in [-0.39, 0.29) is 29.5 Å². The van der Waals surface area contributed by atoms with Crippen LogP contribution in [0.3, 0.4) is 0 Å². The van der Waals surface area contributed by atoms with Gasteiger partial charge in [-0.3, -0.25) is 4.79 Å². The molecule has 4 heterocycles. The molecule has 0 atom stereocenters. The Balaban J connectivity index is 1.88. The first-order chi connectivity index (χ1) is 12.9. The summed E-state index contributed by atoms with van der Waals surface area (Å²) in [7, 11) is 0. The molecule has 0 saturated heterocycles. The number of fused-ring (bicyclic) bond motifs is 2. The summed E-state index contributed by atoms with van der Waals surface area (Å²) in [5.74, 6) is -0.332. The fourth-order valence-electron chi connectivity index (χ4n) is 2.85. The predicted octanol–water partition coefficient (Wildman–Crippen LogP) is 3.66. The molecule has 0 radical (unpaired) electrons. The molecule has 0 spiro atoms. The number of pyridine rings is 1. The summed E-state index contributed by atoms with van der Waals surface area (Å²) in [4.78, 5) is 26.0. The van der Waals surface area contributed by atoms with Crippen molar-refractivity contribution in [3.8, 4) is 11.4 Å². The molecule has 0 bridgehead atoms. The molecule has 0 saturated carbocycles. The molecule has 27 heavy (non-hydrogen) atoms. The number of imidazole rings is 1. The Hall–Kier alpha value is -2.94. The summed E-state index contributed by atoms with van der Waals surface area (Å²) in [6.07, 6.45) is 6.52. The number of carbonyl (C=O) groups excluding carboxylic acids is 1. The van der Waals surface area contributed by atoms with Crippen LogP contribution in [0.5, 0.6) is 0 Å². The van der Waals surface area contributed by atoms with Gasteiger partial charge in [0.25, 0.3) is 5.91 Å². The molecule has 4 aromatic heterocycles. The maximum Gasteiger partial charge on any atom is 0.255 e. The van der Waals surface area contributed by atoms with E-state index in [0.717, 1.165) is 5.52 Å². The van der Waals surface area contributed by atoms with Gasteiger partial charge in [-0.25, -0.2) is 18.9 Å². The Morgan fingerprint density at radius 3 is 2.81 bits per heavy atom. The molecule has 1 N–H and O–H groups in total. The van der Waals surface area contributed by atoms with Crippen molar-refractivity contribution in [3.05, 3.63) is 48.7 Å². The number of nitrogens with zero attached hydrogens (tertiary/aromatic N) is 5. The normalized spacial score (nSPS) is 12.0. The smallest absolute Gasteiger partial charge is 0.255 e. The monoisotopic (exact) mass is 384 g/mol. The van der Waals surface area contributed by atoms with E-state index in [1.54, 1.807) is 6.33 Å². The molecule has 0 aromatic carbocycles. The summed E-state index contributed by atoms with van der Waals surface area (Å²) in [5, 5.41) is 2.88. The van der Waals surface area contributed by atoms with E-state index in [4.69, 9.17) is 0 Å². The van der Waals surface area contributed by atoms with Crippen LogP contribution in [0.4, 0.5) is 3.89 Å². The van der Waals surface area contributed by atoms with Crippen molar-refractivity contribution in [2.45, 2.75) is 26.3 Å². The number of hydrogen-bond acceptors (Lipinski definition) is 5. The van der Waals surface area contributed by atoms with Crippen LogP contribution < -0.4 is 5.32 Å². The summed E-state index contributed by atoms with van der Waals surface area (Å²) in [6, 6.07) is 5.73. The lowest BCUT2D eigenvalue weighted by Gasteiger charge is -2.19. The van der Waals surface area contributed by atoms with Gasteiger partial charge in [0.1, 0.15) is 23.2 Å². The minimum atomic E-state index is -0.431. The molecule has 0 aliphatic heterocycles. The standard InChI is InChI=1S/C18H17FN6OS/c1-18(2,3)23-17(26)11-9-25(27-19)16-14(11)22-12(8-20-16)15-13-6-4-5-7-24(13)10-21-15/h4-10H,1-3H3,(H,23,26). The van der Waals surface area contributed by atoms with Crippen LogP contribution in [0.2, 0.25) is 0 Å². The maximum absolute atomic E-state index is 13.3. The van der Waals surface area contributed by atoms with Crippen LogP contribution in [0, 0.1) is 0 Å². The third kappa shape index (κ3) is 3.14. The van der Waals surface area contributed by atoms with Crippen molar-refractivity contribution in [1.29, 1.82) is 0 Å². The highest BCUT2D eigenvalue weighted by Gasteiger charge is 2.23. The second-order valence-electron chi connectivity index (χ2n) is 7.16. The van der Waals surface area contributed by atoms with Crippen LogP contribution in [0.1, 0.15) is 31.1 Å². The summed E-state index contributed by atoms with van der Waals surface area (Å²) < 4.78 is 16.4. The van der Waals surface area contributed by atoms with Gasteiger partial charge in [0, 0.05) is 17.9 Å². The van der Waals surface area contributed by atoms with Gasteiger partial charge in [-0.2, -0.15) is 0 Å². The number of hydrogen-bond donors (Lipinski definition) is 1. The molecule has 0 fully saturated rings. The number of aromatic nitrogens is 5. The fraction of sp³-hybridized carbons (Fsp3) is 0.222. The van der Waals surface area contributed by atoms with E-state index in [0.29, 0.717) is 16.9 Å². The second kappa shape index (κ2) is 6.34. The average Bonchev–Trinajstić information content (AvgIpc) is 3.21. The van der Waals surface area contributed by atoms with Crippen LogP contribution in [-0.2, 0) is 0 Å². The van der Waals surface area contributed by atoms with Gasteiger partial charge in [0.05, 0.1) is 17.3 Å². The van der Waals surface area contributed by atoms with Crippen LogP contribution in [0.25, 0.3) is 28.1 Å². The van der Waals surface area contributed by atoms with Gasteiger partial charge >= 0.3 is 0 Å². The molecule has 1 amide bonds. The van der Waals surface area contributed by atoms with E-state index in [1.807, 2.05) is 49.6 Å². The number of nitrogens with one attached hydrogen (secondary N) is 1. The molecular weight excluding hydrogens is 367 g/mol. The topological polar surface area (TPSA) is 77.1 Å². The van der Waals surface area contributed by atoms with Crippen molar-refractivity contribution in [2.24, 2.45) is 0 Å². The van der Waals surface area contributed by atoms with Gasteiger partial charge in [-0.05, 0) is 32.9 Å². The van der Waals surface area contributed by atoms with E-state index < -0.39 is 5.54 Å². The minimum absolute atomic E-state index is 0.0252. The van der Waals surface area contributed by atoms with E-state index in [2.05, 4.69) is 20.3 Å². The number of rotatable bonds is 3. The Morgan fingerprint density at radius 1 is 1.26 bits per heavy atom. The van der Waals surface area contributed by atoms with Crippen molar-refractivity contribution < 1.29 is 8.68 Å². The largest absolute Gasteiger partial charge is 0.347 e. The zero-order valence-corrected chi connectivity index (χ0v) is 15.8. The van der Waals surface area contributed by atoms with Crippen LogP contribution in [0.15, 0.2) is 43.1 Å². The molecule has 0 aliphatic rings. The fourth-order valence-corrected chi connectivity index (χ4v) is 3.19. The molecule has 7 nitrogen and oxygen atoms in total. The Bertz CT molecular complexity index is 1160. The molecule has 138 valence electrons. The zero-order chi connectivity index (χ0) is 19.2. The van der Waals surface area contributed by atoms with Crippen LogP contribution in [-0.4, -0.2) is 34.8 Å². The molecule has 0 unspecified atom stereocenters. The Kier molecular flexibility index (Phi) is 4.11. The van der Waals surface area contributed by atoms with Gasteiger partial charge < -0.3 is 9.72 Å². The highest BCUT2D eigenvalue weighted by molar-refractivity contribution is 7.92. The summed E-state index contributed by atoms with van der Waals surface area (Å²) >= 11 is -0.0252. The van der Waals surface area contributed by atoms with E-state index >= 15 is 0 Å². The summed E-state index contributed by atoms with van der Waals surface area (Å²) in [5.41, 5.74) is 2.48. The average molecular weight is 384 g/mol. The van der Waals surface area contributed by atoms with Gasteiger partial charge in [0.2, 0.25) is 0 Å². The van der Waals surface area contributed by atoms with Gasteiger partial charge in [-0.15, -0.1) is 3.89 Å². The third-order valence-electron chi connectivity index (χ3n) is 3.96. The molecule has 9 heteroatoms.